The third kappa shape index (κ3) is 5.09. The second-order valence-corrected chi connectivity index (χ2v) is 8.15. The molecule has 1 aliphatic heterocycles. The summed E-state index contributed by atoms with van der Waals surface area (Å²) in [6.07, 6.45) is 0. The molecule has 0 bridgehead atoms. The third-order valence-electron chi connectivity index (χ3n) is 5.75. The normalized spacial score (nSPS) is 15.7. The minimum atomic E-state index is -0.356. The zero-order valence-electron chi connectivity index (χ0n) is 18.1. The summed E-state index contributed by atoms with van der Waals surface area (Å²) in [4.78, 5) is 22.5. The Hall–Kier alpha value is -2.83. The number of amides is 1. The first-order valence-corrected chi connectivity index (χ1v) is 10.7. The predicted octanol–water partition coefficient (Wildman–Crippen LogP) is 4.05. The number of aryl methyl sites for hydroxylation is 1. The van der Waals surface area contributed by atoms with Crippen molar-refractivity contribution in [1.29, 1.82) is 0 Å². The molecule has 0 saturated carbocycles. The first-order valence-electron chi connectivity index (χ1n) is 10.7. The van der Waals surface area contributed by atoms with Crippen LogP contribution in [0.15, 0.2) is 54.6 Å². The van der Waals surface area contributed by atoms with Gasteiger partial charge in [-0.3, -0.25) is 14.7 Å². The van der Waals surface area contributed by atoms with E-state index in [1.165, 1.54) is 12.1 Å². The topological polar surface area (TPSA) is 45.7 Å². The van der Waals surface area contributed by atoms with Gasteiger partial charge in [0.1, 0.15) is 5.82 Å². The van der Waals surface area contributed by atoms with Gasteiger partial charge in [0.25, 0.3) is 5.91 Å². The lowest BCUT2D eigenvalue weighted by atomic mass is 10.0. The number of benzene rings is 2. The third-order valence-corrected chi connectivity index (χ3v) is 5.75. The minimum absolute atomic E-state index is 0.00484. The number of hydrogen-bond acceptors (Lipinski definition) is 4. The fourth-order valence-electron chi connectivity index (χ4n) is 4.13. The van der Waals surface area contributed by atoms with E-state index in [9.17, 15) is 9.18 Å². The van der Waals surface area contributed by atoms with Crippen LogP contribution in [0.3, 0.4) is 0 Å². The maximum atomic E-state index is 13.8. The van der Waals surface area contributed by atoms with Gasteiger partial charge in [-0.1, -0.05) is 30.3 Å². The fraction of sp³-hybridized carbons (Fsp3) is 0.360. The molecule has 1 atom stereocenters. The number of rotatable bonds is 6. The standard InChI is InChI=1S/C25H28FN3O2/c1-18-14-23(22-9-8-21(26)15-24(22)27-18)25(30)29(17-20-6-4-3-5-7-20)19(2)16-28-10-12-31-13-11-28/h3-9,14-15,19H,10-13,16-17H2,1-2H3. The van der Waals surface area contributed by atoms with E-state index in [2.05, 4.69) is 16.8 Å². The van der Waals surface area contributed by atoms with Crippen molar-refractivity contribution < 1.29 is 13.9 Å². The number of morpholine rings is 1. The van der Waals surface area contributed by atoms with E-state index in [1.54, 1.807) is 6.07 Å². The minimum Gasteiger partial charge on any atom is -0.379 e. The maximum Gasteiger partial charge on any atom is 0.255 e. The molecular weight excluding hydrogens is 393 g/mol. The first-order chi connectivity index (χ1) is 15.0. The molecule has 6 heteroatoms. The second kappa shape index (κ2) is 9.54. The summed E-state index contributed by atoms with van der Waals surface area (Å²) in [7, 11) is 0. The molecule has 2 heterocycles. The van der Waals surface area contributed by atoms with Crippen LogP contribution in [0.5, 0.6) is 0 Å². The highest BCUT2D eigenvalue weighted by atomic mass is 19.1. The summed E-state index contributed by atoms with van der Waals surface area (Å²) in [5, 5.41) is 0.675. The van der Waals surface area contributed by atoms with Gasteiger partial charge in [-0.05, 0) is 37.6 Å². The Morgan fingerprint density at radius 2 is 1.90 bits per heavy atom. The highest BCUT2D eigenvalue weighted by Gasteiger charge is 2.26. The van der Waals surface area contributed by atoms with Crippen LogP contribution >= 0.6 is 0 Å². The molecule has 0 spiro atoms. The monoisotopic (exact) mass is 421 g/mol. The Bertz CT molecular complexity index is 1050. The van der Waals surface area contributed by atoms with Gasteiger partial charge in [0, 0.05) is 49.4 Å². The summed E-state index contributed by atoms with van der Waals surface area (Å²) in [6, 6.07) is 16.2. The Balaban J connectivity index is 1.68. The van der Waals surface area contributed by atoms with Crippen molar-refractivity contribution >= 4 is 16.8 Å². The lowest BCUT2D eigenvalue weighted by Gasteiger charge is -2.35. The average Bonchev–Trinajstić information content (AvgIpc) is 2.77. The van der Waals surface area contributed by atoms with Gasteiger partial charge >= 0.3 is 0 Å². The maximum absolute atomic E-state index is 13.8. The van der Waals surface area contributed by atoms with Gasteiger partial charge in [-0.15, -0.1) is 0 Å². The van der Waals surface area contributed by atoms with Crippen LogP contribution in [0, 0.1) is 12.7 Å². The number of aromatic nitrogens is 1. The molecule has 1 aromatic heterocycles. The second-order valence-electron chi connectivity index (χ2n) is 8.15. The Kier molecular flexibility index (Phi) is 6.59. The summed E-state index contributed by atoms with van der Waals surface area (Å²) in [5.41, 5.74) is 2.84. The van der Waals surface area contributed by atoms with E-state index in [4.69, 9.17) is 4.74 Å². The molecule has 5 nitrogen and oxygen atoms in total. The van der Waals surface area contributed by atoms with Crippen LogP contribution in [0.4, 0.5) is 4.39 Å². The van der Waals surface area contributed by atoms with Gasteiger partial charge in [0.15, 0.2) is 0 Å². The highest BCUT2D eigenvalue weighted by Crippen LogP contribution is 2.23. The van der Waals surface area contributed by atoms with E-state index in [0.29, 0.717) is 28.7 Å². The highest BCUT2D eigenvalue weighted by molar-refractivity contribution is 6.06. The summed E-state index contributed by atoms with van der Waals surface area (Å²) < 4.78 is 19.3. The van der Waals surface area contributed by atoms with E-state index in [1.807, 2.05) is 48.2 Å². The fourth-order valence-corrected chi connectivity index (χ4v) is 4.13. The molecule has 1 fully saturated rings. The van der Waals surface area contributed by atoms with Crippen LogP contribution in [0.1, 0.15) is 28.5 Å². The number of halogens is 1. The molecule has 1 aliphatic rings. The van der Waals surface area contributed by atoms with E-state index >= 15 is 0 Å². The SMILES string of the molecule is Cc1cc(C(=O)N(Cc2ccccc2)C(C)CN2CCOCC2)c2ccc(F)cc2n1. The summed E-state index contributed by atoms with van der Waals surface area (Å²) >= 11 is 0. The molecule has 3 aromatic rings. The number of nitrogens with zero attached hydrogens (tertiary/aromatic N) is 3. The van der Waals surface area contributed by atoms with Crippen LogP contribution in [-0.4, -0.2) is 59.6 Å². The zero-order chi connectivity index (χ0) is 21.8. The van der Waals surface area contributed by atoms with Crippen molar-refractivity contribution in [3.8, 4) is 0 Å². The zero-order valence-corrected chi connectivity index (χ0v) is 18.1. The summed E-state index contributed by atoms with van der Waals surface area (Å²) in [6.45, 7) is 8.39. The molecule has 31 heavy (non-hydrogen) atoms. The molecule has 4 rings (SSSR count). The van der Waals surface area contributed by atoms with Gasteiger partial charge in [0.05, 0.1) is 24.3 Å². The van der Waals surface area contributed by atoms with E-state index < -0.39 is 0 Å². The molecule has 1 saturated heterocycles. The molecule has 1 unspecified atom stereocenters. The molecule has 0 aliphatic carbocycles. The molecule has 0 radical (unpaired) electrons. The lowest BCUT2D eigenvalue weighted by molar-refractivity contribution is 0.0229. The molecule has 0 N–H and O–H groups in total. The van der Waals surface area contributed by atoms with Gasteiger partial charge in [-0.2, -0.15) is 0 Å². The van der Waals surface area contributed by atoms with Crippen LogP contribution in [0.25, 0.3) is 10.9 Å². The van der Waals surface area contributed by atoms with E-state index in [-0.39, 0.29) is 17.8 Å². The van der Waals surface area contributed by atoms with Crippen LogP contribution < -0.4 is 0 Å². The molecule has 162 valence electrons. The van der Waals surface area contributed by atoms with Crippen molar-refractivity contribution in [3.63, 3.8) is 0 Å². The Labute approximate surface area is 182 Å². The molecule has 1 amide bonds. The van der Waals surface area contributed by atoms with Gasteiger partial charge < -0.3 is 9.64 Å². The quantitative estimate of drug-likeness (QED) is 0.603. The number of hydrogen-bond donors (Lipinski definition) is 0. The number of carbonyl (C=O) groups is 1. The smallest absolute Gasteiger partial charge is 0.255 e. The van der Waals surface area contributed by atoms with Gasteiger partial charge in [0.2, 0.25) is 0 Å². The van der Waals surface area contributed by atoms with Crippen molar-refractivity contribution in [1.82, 2.24) is 14.8 Å². The van der Waals surface area contributed by atoms with Crippen molar-refractivity contribution in [3.05, 3.63) is 77.2 Å². The largest absolute Gasteiger partial charge is 0.379 e. The molecular formula is C25H28FN3O2. The Morgan fingerprint density at radius 3 is 2.65 bits per heavy atom. The van der Waals surface area contributed by atoms with Crippen LogP contribution in [-0.2, 0) is 11.3 Å². The van der Waals surface area contributed by atoms with Crippen molar-refractivity contribution in [2.45, 2.75) is 26.4 Å². The summed E-state index contributed by atoms with van der Waals surface area (Å²) in [5.74, 6) is -0.419. The number of pyridine rings is 1. The number of ether oxygens (including phenoxy) is 1. The number of carbonyl (C=O) groups excluding carboxylic acids is 1. The number of fused-ring (bicyclic) bond motifs is 1. The van der Waals surface area contributed by atoms with Crippen molar-refractivity contribution in [2.75, 3.05) is 32.8 Å². The van der Waals surface area contributed by atoms with E-state index in [0.717, 1.165) is 38.4 Å². The molecule has 2 aromatic carbocycles. The predicted molar refractivity (Wildman–Crippen MR) is 119 cm³/mol. The lowest BCUT2D eigenvalue weighted by Crippen LogP contribution is -2.48. The Morgan fingerprint density at radius 1 is 1.16 bits per heavy atom. The first kappa shape index (κ1) is 21.4. The van der Waals surface area contributed by atoms with Gasteiger partial charge in [-0.25, -0.2) is 4.39 Å². The van der Waals surface area contributed by atoms with Crippen LogP contribution in [0.2, 0.25) is 0 Å². The van der Waals surface area contributed by atoms with Crippen molar-refractivity contribution in [2.24, 2.45) is 0 Å². The average molecular weight is 422 g/mol.